The lowest BCUT2D eigenvalue weighted by molar-refractivity contribution is -0.139. The van der Waals surface area contributed by atoms with Crippen molar-refractivity contribution in [1.29, 1.82) is 0 Å². The number of carbonyl (C=O) groups is 2. The second kappa shape index (κ2) is 12.2. The third-order valence-electron chi connectivity index (χ3n) is 7.27. The Bertz CT molecular complexity index is 1780. The van der Waals surface area contributed by atoms with Crippen LogP contribution >= 0.6 is 0 Å². The maximum Gasteiger partial charge on any atom is 0.309 e. The van der Waals surface area contributed by atoms with Crippen molar-refractivity contribution < 1.29 is 36.3 Å². The predicted molar refractivity (Wildman–Crippen MR) is 156 cm³/mol. The molecule has 11 heteroatoms. The van der Waals surface area contributed by atoms with E-state index >= 15 is 0 Å². The molecule has 1 unspecified atom stereocenters. The van der Waals surface area contributed by atoms with Gasteiger partial charge < -0.3 is 14.8 Å². The molecule has 0 bridgehead atoms. The summed E-state index contributed by atoms with van der Waals surface area (Å²) in [5, 5.41) is 2.83. The van der Waals surface area contributed by atoms with Crippen molar-refractivity contribution in [2.75, 3.05) is 18.5 Å². The van der Waals surface area contributed by atoms with Crippen molar-refractivity contribution in [1.82, 2.24) is 5.32 Å². The fraction of sp³-hybridized carbons (Fsp3) is 0.188. The van der Waals surface area contributed by atoms with E-state index in [1.807, 2.05) is 0 Å². The molecule has 1 aliphatic rings. The van der Waals surface area contributed by atoms with E-state index < -0.39 is 33.6 Å². The lowest BCUT2D eigenvalue weighted by Crippen LogP contribution is -2.47. The number of carbonyl (C=O) groups excluding carboxylic acids is 2. The lowest BCUT2D eigenvalue weighted by atomic mass is 10.1. The first-order chi connectivity index (χ1) is 20.6. The number of hydrogen-bond acceptors (Lipinski definition) is 6. The van der Waals surface area contributed by atoms with Crippen LogP contribution in [0.1, 0.15) is 16.7 Å². The number of amides is 1. The average molecular weight is 607 g/mol. The summed E-state index contributed by atoms with van der Waals surface area (Å²) in [5.41, 5.74) is 2.90. The van der Waals surface area contributed by atoms with E-state index in [9.17, 15) is 26.8 Å². The molecular weight excluding hydrogens is 578 g/mol. The largest absolute Gasteiger partial charge is 0.496 e. The van der Waals surface area contributed by atoms with Gasteiger partial charge in [-0.1, -0.05) is 42.5 Å². The van der Waals surface area contributed by atoms with E-state index in [2.05, 4.69) is 10.1 Å². The van der Waals surface area contributed by atoms with Crippen molar-refractivity contribution in [2.45, 2.75) is 30.3 Å². The SMILES string of the molecule is COC(=O)Cc1ccc(CNC(=O)C2Cc3c(OC)cccc3N2S(=O)(=O)c2ccc(-c3ccc(F)cc3F)cc2)cc1. The van der Waals surface area contributed by atoms with Crippen molar-refractivity contribution in [3.8, 4) is 16.9 Å². The number of nitrogens with zero attached hydrogens (tertiary/aromatic N) is 1. The standard InChI is InChI=1S/C32H28F2N2O6S/c1-41-30-5-3-4-28-26(30)18-29(32(38)35-19-21-8-6-20(7-9-21)16-31(37)42-2)36(28)43(39,40)24-13-10-22(11-14-24)25-15-12-23(33)17-27(25)34/h3-15,17,29H,16,18-19H2,1-2H3,(H,35,38). The molecule has 222 valence electrons. The topological polar surface area (TPSA) is 102 Å². The van der Waals surface area contributed by atoms with Gasteiger partial charge in [-0.2, -0.15) is 0 Å². The van der Waals surface area contributed by atoms with Crippen LogP contribution in [0.4, 0.5) is 14.5 Å². The molecule has 0 fully saturated rings. The van der Waals surface area contributed by atoms with Gasteiger partial charge >= 0.3 is 5.97 Å². The zero-order valence-corrected chi connectivity index (χ0v) is 24.2. The molecule has 1 heterocycles. The van der Waals surface area contributed by atoms with Gasteiger partial charge in [-0.15, -0.1) is 0 Å². The van der Waals surface area contributed by atoms with Crippen LogP contribution in [-0.2, 0) is 43.7 Å². The Kier molecular flexibility index (Phi) is 8.45. The quantitative estimate of drug-likeness (QED) is 0.275. The molecular formula is C32H28F2N2O6S. The second-order valence-electron chi connectivity index (χ2n) is 9.91. The lowest BCUT2D eigenvalue weighted by Gasteiger charge is -2.26. The number of methoxy groups -OCH3 is 2. The molecule has 0 aliphatic carbocycles. The number of hydrogen-bond donors (Lipinski definition) is 1. The summed E-state index contributed by atoms with van der Waals surface area (Å²) < 4.78 is 67.0. The van der Waals surface area contributed by atoms with Crippen molar-refractivity contribution >= 4 is 27.6 Å². The van der Waals surface area contributed by atoms with E-state index in [4.69, 9.17) is 4.74 Å². The van der Waals surface area contributed by atoms with Crippen molar-refractivity contribution in [2.24, 2.45) is 0 Å². The zero-order chi connectivity index (χ0) is 30.7. The Labute approximate surface area is 247 Å². The fourth-order valence-electron chi connectivity index (χ4n) is 5.06. The number of benzene rings is 4. The molecule has 0 saturated carbocycles. The number of anilines is 1. The van der Waals surface area contributed by atoms with Crippen LogP contribution in [0.5, 0.6) is 5.75 Å². The van der Waals surface area contributed by atoms with Gasteiger partial charge in [0.2, 0.25) is 5.91 Å². The van der Waals surface area contributed by atoms with Crippen molar-refractivity contribution in [3.63, 3.8) is 0 Å². The van der Waals surface area contributed by atoms with Crippen LogP contribution in [0.25, 0.3) is 11.1 Å². The van der Waals surface area contributed by atoms with Gasteiger partial charge in [0.15, 0.2) is 0 Å². The van der Waals surface area contributed by atoms with Gasteiger partial charge in [-0.3, -0.25) is 13.9 Å². The van der Waals surface area contributed by atoms with Gasteiger partial charge in [0, 0.05) is 30.2 Å². The molecule has 1 N–H and O–H groups in total. The first-order valence-corrected chi connectivity index (χ1v) is 14.7. The summed E-state index contributed by atoms with van der Waals surface area (Å²) in [6.45, 7) is 0.132. The number of ether oxygens (including phenoxy) is 2. The molecule has 0 aromatic heterocycles. The summed E-state index contributed by atoms with van der Waals surface area (Å²) in [6, 6.07) is 19.6. The van der Waals surface area contributed by atoms with E-state index in [0.29, 0.717) is 22.6 Å². The normalized spacial score (nSPS) is 14.2. The highest BCUT2D eigenvalue weighted by Crippen LogP contribution is 2.41. The Morgan fingerprint density at radius 3 is 2.28 bits per heavy atom. The maximum absolute atomic E-state index is 14.3. The molecule has 1 atom stereocenters. The number of halogens is 2. The Morgan fingerprint density at radius 2 is 1.63 bits per heavy atom. The number of fused-ring (bicyclic) bond motifs is 1. The fourth-order valence-corrected chi connectivity index (χ4v) is 6.70. The molecule has 0 radical (unpaired) electrons. The Morgan fingerprint density at radius 1 is 0.930 bits per heavy atom. The summed E-state index contributed by atoms with van der Waals surface area (Å²) >= 11 is 0. The van der Waals surface area contributed by atoms with Crippen LogP contribution < -0.4 is 14.4 Å². The first kappa shape index (κ1) is 29.7. The number of rotatable bonds is 9. The van der Waals surface area contributed by atoms with E-state index in [-0.39, 0.29) is 35.8 Å². The Balaban J connectivity index is 1.41. The van der Waals surface area contributed by atoms with E-state index in [0.717, 1.165) is 27.6 Å². The average Bonchev–Trinajstić information content (AvgIpc) is 3.41. The predicted octanol–water partition coefficient (Wildman–Crippen LogP) is 4.79. The van der Waals surface area contributed by atoms with Crippen LogP contribution in [0.3, 0.4) is 0 Å². The van der Waals surface area contributed by atoms with Gasteiger partial charge in [0.25, 0.3) is 10.0 Å². The van der Waals surface area contributed by atoms with Crippen LogP contribution in [0, 0.1) is 11.6 Å². The highest BCUT2D eigenvalue weighted by molar-refractivity contribution is 7.93. The number of sulfonamides is 1. The van der Waals surface area contributed by atoms with Crippen LogP contribution in [0.2, 0.25) is 0 Å². The molecule has 0 saturated heterocycles. The Hall–Kier alpha value is -4.77. The zero-order valence-electron chi connectivity index (χ0n) is 23.3. The molecule has 1 aliphatic heterocycles. The number of nitrogens with one attached hydrogen (secondary N) is 1. The van der Waals surface area contributed by atoms with Crippen LogP contribution in [-0.4, -0.2) is 40.6 Å². The molecule has 4 aromatic carbocycles. The van der Waals surface area contributed by atoms with Crippen molar-refractivity contribution in [3.05, 3.63) is 113 Å². The summed E-state index contributed by atoms with van der Waals surface area (Å²) in [4.78, 5) is 25.0. The summed E-state index contributed by atoms with van der Waals surface area (Å²) in [6.07, 6.45) is 0.208. The third-order valence-corrected chi connectivity index (χ3v) is 9.10. The van der Waals surface area contributed by atoms with Gasteiger partial charge in [0.1, 0.15) is 23.4 Å². The second-order valence-corrected chi connectivity index (χ2v) is 11.7. The molecule has 4 aromatic rings. The monoisotopic (exact) mass is 606 g/mol. The highest BCUT2D eigenvalue weighted by atomic mass is 32.2. The molecule has 43 heavy (non-hydrogen) atoms. The summed E-state index contributed by atoms with van der Waals surface area (Å²) in [5.74, 6) is -1.91. The highest BCUT2D eigenvalue weighted by Gasteiger charge is 2.43. The maximum atomic E-state index is 14.3. The van der Waals surface area contributed by atoms with E-state index in [1.54, 1.807) is 42.5 Å². The minimum Gasteiger partial charge on any atom is -0.496 e. The van der Waals surface area contributed by atoms with Crippen LogP contribution in [0.15, 0.2) is 89.8 Å². The minimum absolute atomic E-state index is 0.0847. The minimum atomic E-state index is -4.27. The smallest absolute Gasteiger partial charge is 0.309 e. The van der Waals surface area contributed by atoms with Gasteiger partial charge in [-0.25, -0.2) is 17.2 Å². The van der Waals surface area contributed by atoms with Gasteiger partial charge in [-0.05, 0) is 53.1 Å². The molecule has 0 spiro atoms. The molecule has 5 rings (SSSR count). The molecule has 1 amide bonds. The first-order valence-electron chi connectivity index (χ1n) is 13.3. The van der Waals surface area contributed by atoms with E-state index in [1.165, 1.54) is 44.6 Å². The third kappa shape index (κ3) is 6.07. The number of esters is 1. The van der Waals surface area contributed by atoms with Gasteiger partial charge in [0.05, 0.1) is 31.2 Å². The summed E-state index contributed by atoms with van der Waals surface area (Å²) in [7, 11) is -1.48. The molecule has 8 nitrogen and oxygen atoms in total.